The van der Waals surface area contributed by atoms with Crippen LogP contribution in [0.1, 0.15) is 29.8 Å². The summed E-state index contributed by atoms with van der Waals surface area (Å²) in [6, 6.07) is 11.9. The molecule has 0 heterocycles. The molecule has 156 valence electrons. The summed E-state index contributed by atoms with van der Waals surface area (Å²) in [6.07, 6.45) is 0. The number of rotatable bonds is 8. The Morgan fingerprint density at radius 3 is 2.10 bits per heavy atom. The second-order valence-electron chi connectivity index (χ2n) is 6.77. The zero-order valence-corrected chi connectivity index (χ0v) is 18.0. The van der Waals surface area contributed by atoms with Crippen LogP contribution in [-0.2, 0) is 21.4 Å². The molecule has 9 heteroatoms. The van der Waals surface area contributed by atoms with Crippen LogP contribution in [0.25, 0.3) is 0 Å². The van der Waals surface area contributed by atoms with Gasteiger partial charge in [0.25, 0.3) is 5.91 Å². The van der Waals surface area contributed by atoms with Crippen molar-refractivity contribution in [2.75, 3.05) is 7.05 Å². The van der Waals surface area contributed by atoms with E-state index >= 15 is 0 Å². The lowest BCUT2D eigenvalue weighted by atomic mass is 10.0. The van der Waals surface area contributed by atoms with Gasteiger partial charge in [0, 0.05) is 17.1 Å². The van der Waals surface area contributed by atoms with Crippen LogP contribution in [0.3, 0.4) is 0 Å². The van der Waals surface area contributed by atoms with Crippen molar-refractivity contribution < 1.29 is 18.0 Å². The lowest BCUT2D eigenvalue weighted by molar-refractivity contribution is -0.124. The fourth-order valence-electron chi connectivity index (χ4n) is 2.56. The molecule has 0 spiro atoms. The quantitative estimate of drug-likeness (QED) is 0.589. The molecule has 0 fully saturated rings. The van der Waals surface area contributed by atoms with Gasteiger partial charge in [-0.3, -0.25) is 9.59 Å². The molecular weight excluding hydrogens is 414 g/mol. The lowest BCUT2D eigenvalue weighted by Gasteiger charge is -2.22. The van der Waals surface area contributed by atoms with E-state index in [4.69, 9.17) is 11.6 Å². The number of halogens is 1. The molecule has 0 aromatic heterocycles. The van der Waals surface area contributed by atoms with Crippen LogP contribution >= 0.6 is 11.6 Å². The van der Waals surface area contributed by atoms with Crippen molar-refractivity contribution in [3.05, 3.63) is 64.7 Å². The Morgan fingerprint density at radius 1 is 1.00 bits per heavy atom. The van der Waals surface area contributed by atoms with E-state index in [1.54, 1.807) is 36.4 Å². The number of amides is 2. The number of carbonyl (C=O) groups excluding carboxylic acids is 2. The molecule has 29 heavy (non-hydrogen) atoms. The van der Waals surface area contributed by atoms with Crippen molar-refractivity contribution in [3.8, 4) is 0 Å². The van der Waals surface area contributed by atoms with Crippen LogP contribution in [0.5, 0.6) is 0 Å². The lowest BCUT2D eigenvalue weighted by Crippen LogP contribution is -2.49. The maximum absolute atomic E-state index is 12.6. The van der Waals surface area contributed by atoms with Crippen LogP contribution in [0.2, 0.25) is 5.02 Å². The highest BCUT2D eigenvalue weighted by molar-refractivity contribution is 7.89. The van der Waals surface area contributed by atoms with E-state index in [-0.39, 0.29) is 29.2 Å². The van der Waals surface area contributed by atoms with Crippen LogP contribution in [-0.4, -0.2) is 33.3 Å². The van der Waals surface area contributed by atoms with Gasteiger partial charge in [0.15, 0.2) is 0 Å². The summed E-state index contributed by atoms with van der Waals surface area (Å²) in [7, 11) is -2.17. The van der Waals surface area contributed by atoms with E-state index in [1.165, 1.54) is 19.2 Å². The summed E-state index contributed by atoms with van der Waals surface area (Å²) < 4.78 is 25.7. The van der Waals surface area contributed by atoms with Crippen LogP contribution < -0.4 is 15.4 Å². The van der Waals surface area contributed by atoms with Crippen molar-refractivity contribution in [3.63, 3.8) is 0 Å². The van der Waals surface area contributed by atoms with E-state index in [2.05, 4.69) is 15.4 Å². The third-order valence-corrected chi connectivity index (χ3v) is 5.99. The number of benzene rings is 2. The Bertz CT molecular complexity index is 958. The number of sulfonamides is 1. The number of hydrogen-bond acceptors (Lipinski definition) is 4. The van der Waals surface area contributed by atoms with Crippen LogP contribution in [0, 0.1) is 5.92 Å². The molecule has 0 aliphatic carbocycles. The summed E-state index contributed by atoms with van der Waals surface area (Å²) in [5, 5.41) is 6.04. The van der Waals surface area contributed by atoms with Gasteiger partial charge in [-0.2, -0.15) is 0 Å². The highest BCUT2D eigenvalue weighted by atomic mass is 35.5. The summed E-state index contributed by atoms with van der Waals surface area (Å²) in [6.45, 7) is 3.88. The molecule has 2 amide bonds. The average molecular weight is 438 g/mol. The van der Waals surface area contributed by atoms with Gasteiger partial charge in [-0.1, -0.05) is 37.6 Å². The number of carbonyl (C=O) groups is 2. The maximum Gasteiger partial charge on any atom is 0.251 e. The highest BCUT2D eigenvalue weighted by Crippen LogP contribution is 2.12. The molecule has 0 saturated carbocycles. The van der Waals surface area contributed by atoms with Gasteiger partial charge in [-0.05, 0) is 54.9 Å². The summed E-state index contributed by atoms with van der Waals surface area (Å²) in [5.74, 6) is -0.819. The van der Waals surface area contributed by atoms with E-state index in [0.717, 1.165) is 5.56 Å². The second kappa shape index (κ2) is 9.87. The summed E-state index contributed by atoms with van der Waals surface area (Å²) in [5.41, 5.74) is 1.15. The van der Waals surface area contributed by atoms with Gasteiger partial charge in [0.05, 0.1) is 4.90 Å². The Labute approximate surface area is 175 Å². The summed E-state index contributed by atoms with van der Waals surface area (Å²) in [4.78, 5) is 25.2. The first kappa shape index (κ1) is 22.9. The van der Waals surface area contributed by atoms with E-state index < -0.39 is 16.1 Å². The SMILES string of the molecule is CNS(=O)(=O)c1ccc(CNC(=O)C(NC(=O)c2ccc(Cl)cc2)C(C)C)cc1. The first-order valence-electron chi connectivity index (χ1n) is 9.00. The van der Waals surface area contributed by atoms with Crippen molar-refractivity contribution in [2.45, 2.75) is 31.3 Å². The normalized spacial score (nSPS) is 12.4. The van der Waals surface area contributed by atoms with E-state index in [0.29, 0.717) is 10.6 Å². The summed E-state index contributed by atoms with van der Waals surface area (Å²) >= 11 is 5.83. The molecular formula is C20H24ClN3O4S. The molecule has 3 N–H and O–H groups in total. The predicted molar refractivity (Wildman–Crippen MR) is 112 cm³/mol. The van der Waals surface area contributed by atoms with Crippen LogP contribution in [0.4, 0.5) is 0 Å². The minimum absolute atomic E-state index is 0.130. The Balaban J connectivity index is 2.00. The minimum atomic E-state index is -3.51. The minimum Gasteiger partial charge on any atom is -0.350 e. The monoisotopic (exact) mass is 437 g/mol. The Kier molecular flexibility index (Phi) is 7.78. The molecule has 1 atom stereocenters. The fourth-order valence-corrected chi connectivity index (χ4v) is 3.42. The first-order valence-corrected chi connectivity index (χ1v) is 10.9. The Hall–Kier alpha value is -2.42. The van der Waals surface area contributed by atoms with Crippen LogP contribution in [0.15, 0.2) is 53.4 Å². The number of hydrogen-bond donors (Lipinski definition) is 3. The largest absolute Gasteiger partial charge is 0.350 e. The second-order valence-corrected chi connectivity index (χ2v) is 9.09. The highest BCUT2D eigenvalue weighted by Gasteiger charge is 2.24. The van der Waals surface area contributed by atoms with Gasteiger partial charge in [-0.15, -0.1) is 0 Å². The van der Waals surface area contributed by atoms with Crippen molar-refractivity contribution in [1.29, 1.82) is 0 Å². The molecule has 0 bridgehead atoms. The van der Waals surface area contributed by atoms with Gasteiger partial charge in [-0.25, -0.2) is 13.1 Å². The smallest absolute Gasteiger partial charge is 0.251 e. The molecule has 0 aliphatic heterocycles. The standard InChI is InChI=1S/C20H24ClN3O4S/c1-13(2)18(24-19(25)15-6-8-16(21)9-7-15)20(26)23-12-14-4-10-17(11-5-14)29(27,28)22-3/h4-11,13,18,22H,12H2,1-3H3,(H,23,26)(H,24,25). The third kappa shape index (κ3) is 6.28. The van der Waals surface area contributed by atoms with Crippen molar-refractivity contribution >= 4 is 33.4 Å². The Morgan fingerprint density at radius 2 is 1.59 bits per heavy atom. The fraction of sp³-hybridized carbons (Fsp3) is 0.300. The molecule has 7 nitrogen and oxygen atoms in total. The molecule has 2 aromatic carbocycles. The third-order valence-electron chi connectivity index (χ3n) is 4.31. The maximum atomic E-state index is 12.6. The van der Waals surface area contributed by atoms with Gasteiger partial charge >= 0.3 is 0 Å². The molecule has 0 radical (unpaired) electrons. The van der Waals surface area contributed by atoms with Gasteiger partial charge < -0.3 is 10.6 Å². The van der Waals surface area contributed by atoms with E-state index in [9.17, 15) is 18.0 Å². The molecule has 0 aliphatic rings. The first-order chi connectivity index (χ1) is 13.6. The number of nitrogens with one attached hydrogen (secondary N) is 3. The zero-order valence-electron chi connectivity index (χ0n) is 16.4. The van der Waals surface area contributed by atoms with Crippen molar-refractivity contribution in [1.82, 2.24) is 15.4 Å². The molecule has 2 aromatic rings. The zero-order chi connectivity index (χ0) is 21.6. The molecule has 2 rings (SSSR count). The van der Waals surface area contributed by atoms with Gasteiger partial charge in [0.2, 0.25) is 15.9 Å². The predicted octanol–water partition coefficient (Wildman–Crippen LogP) is 2.32. The molecule has 1 unspecified atom stereocenters. The van der Waals surface area contributed by atoms with Gasteiger partial charge in [0.1, 0.15) is 6.04 Å². The van der Waals surface area contributed by atoms with E-state index in [1.807, 2.05) is 13.8 Å². The molecule has 0 saturated heterocycles. The average Bonchev–Trinajstić information content (AvgIpc) is 2.70. The van der Waals surface area contributed by atoms with Crippen molar-refractivity contribution in [2.24, 2.45) is 5.92 Å². The topological polar surface area (TPSA) is 104 Å².